The van der Waals surface area contributed by atoms with Crippen LogP contribution in [0.5, 0.6) is 0 Å². The number of ether oxygens (including phenoxy) is 10. The second kappa shape index (κ2) is 20.4. The fourth-order valence-corrected chi connectivity index (χ4v) is 9.01. The van der Waals surface area contributed by atoms with Crippen molar-refractivity contribution in [3.63, 3.8) is 0 Å². The van der Waals surface area contributed by atoms with Gasteiger partial charge in [-0.15, -0.1) is 0 Å². The van der Waals surface area contributed by atoms with Crippen molar-refractivity contribution in [2.45, 2.75) is 187 Å². The molecule has 0 spiro atoms. The van der Waals surface area contributed by atoms with Crippen LogP contribution in [-0.2, 0) is 57.0 Å². The number of hydrogen-bond acceptors (Lipinski definition) is 13. The van der Waals surface area contributed by atoms with Crippen LogP contribution in [0.4, 0.5) is 0 Å². The SMILES string of the molecule is CC(=O)C(C)OC1(C)C[C@@](C)(COC[C@@H]2CC[C@@](C)(COC[C@@]3(C)CO[C@](C)(COC[C@@H]4CC[C@@](C)(COC(C)C)OC4)CC3(C)OC(C)C(C)=O)OC2)OC[C@]1(C)CO. The first kappa shape index (κ1) is 51.5. The molecule has 13 nitrogen and oxygen atoms in total. The van der Waals surface area contributed by atoms with Gasteiger partial charge in [-0.25, -0.2) is 0 Å². The van der Waals surface area contributed by atoms with Gasteiger partial charge in [-0.3, -0.25) is 9.59 Å². The number of carbonyl (C=O) groups is 2. The minimum atomic E-state index is -0.777. The van der Waals surface area contributed by atoms with Gasteiger partial charge >= 0.3 is 0 Å². The first-order valence-electron chi connectivity index (χ1n) is 22.6. The van der Waals surface area contributed by atoms with Crippen molar-refractivity contribution < 1.29 is 62.1 Å². The number of rotatable bonds is 22. The fourth-order valence-electron chi connectivity index (χ4n) is 9.01. The van der Waals surface area contributed by atoms with E-state index in [-0.39, 0.29) is 35.8 Å². The molecule has 4 heterocycles. The van der Waals surface area contributed by atoms with E-state index in [2.05, 4.69) is 34.6 Å². The lowest BCUT2D eigenvalue weighted by Gasteiger charge is -2.55. The molecule has 4 rings (SSSR count). The van der Waals surface area contributed by atoms with Gasteiger partial charge in [-0.2, -0.15) is 0 Å². The van der Waals surface area contributed by atoms with Crippen LogP contribution in [-0.4, -0.2) is 148 Å². The molecule has 0 aromatic heterocycles. The molecule has 0 amide bonds. The van der Waals surface area contributed by atoms with E-state index in [4.69, 9.17) is 47.4 Å². The van der Waals surface area contributed by atoms with Crippen LogP contribution in [0.1, 0.15) is 135 Å². The molecule has 0 bridgehead atoms. The fraction of sp³-hybridized carbons (Fsp3) is 0.957. The molecule has 4 saturated heterocycles. The van der Waals surface area contributed by atoms with Gasteiger partial charge in [0.25, 0.3) is 0 Å². The maximum Gasteiger partial charge on any atom is 0.158 e. The number of hydrogen-bond donors (Lipinski definition) is 1. The zero-order chi connectivity index (χ0) is 44.8. The lowest BCUT2D eigenvalue weighted by Crippen LogP contribution is -2.63. The molecule has 0 aromatic rings. The maximum absolute atomic E-state index is 12.5. The van der Waals surface area contributed by atoms with Crippen molar-refractivity contribution in [3.05, 3.63) is 0 Å². The predicted octanol–water partition coefficient (Wildman–Crippen LogP) is 6.70. The highest BCUT2D eigenvalue weighted by Gasteiger charge is 2.57. The Labute approximate surface area is 362 Å². The van der Waals surface area contributed by atoms with Gasteiger partial charge in [0.05, 0.1) is 119 Å². The number of ketones is 2. The molecule has 0 saturated carbocycles. The Bertz CT molecular complexity index is 1390. The van der Waals surface area contributed by atoms with Crippen molar-refractivity contribution in [1.82, 2.24) is 0 Å². The minimum Gasteiger partial charge on any atom is -0.396 e. The van der Waals surface area contributed by atoms with Crippen LogP contribution in [0, 0.1) is 22.7 Å². The molecule has 4 aliphatic rings. The van der Waals surface area contributed by atoms with Crippen molar-refractivity contribution in [2.75, 3.05) is 79.3 Å². The van der Waals surface area contributed by atoms with E-state index in [9.17, 15) is 14.7 Å². The van der Waals surface area contributed by atoms with Gasteiger partial charge in [0, 0.05) is 35.5 Å². The highest BCUT2D eigenvalue weighted by molar-refractivity contribution is 5.80. The third-order valence-electron chi connectivity index (χ3n) is 14.4. The molecule has 4 fully saturated rings. The van der Waals surface area contributed by atoms with Gasteiger partial charge in [-0.1, -0.05) is 13.8 Å². The van der Waals surface area contributed by atoms with Crippen LogP contribution in [0.25, 0.3) is 0 Å². The molecule has 12 atom stereocenters. The molecule has 350 valence electrons. The molecule has 0 aliphatic carbocycles. The van der Waals surface area contributed by atoms with E-state index in [1.807, 2.05) is 41.5 Å². The second-order valence-electron chi connectivity index (χ2n) is 21.5. The summed E-state index contributed by atoms with van der Waals surface area (Å²) in [7, 11) is 0. The normalized spacial score (nSPS) is 41.3. The number of Topliss-reactive ketones (excluding diaryl/α,β-unsaturated/α-hetero) is 2. The van der Waals surface area contributed by atoms with Crippen molar-refractivity contribution in [2.24, 2.45) is 22.7 Å². The Hall–Kier alpha value is -1.10. The van der Waals surface area contributed by atoms with E-state index in [1.54, 1.807) is 13.8 Å². The van der Waals surface area contributed by atoms with E-state index in [0.717, 1.165) is 25.7 Å². The first-order valence-corrected chi connectivity index (χ1v) is 22.6. The Morgan fingerprint density at radius 1 is 0.583 bits per heavy atom. The monoisotopic (exact) mass is 857 g/mol. The lowest BCUT2D eigenvalue weighted by molar-refractivity contribution is -0.272. The zero-order valence-corrected chi connectivity index (χ0v) is 40.0. The van der Waals surface area contributed by atoms with Crippen LogP contribution in [0.3, 0.4) is 0 Å². The smallest absolute Gasteiger partial charge is 0.158 e. The average molecular weight is 857 g/mol. The Morgan fingerprint density at radius 2 is 1.00 bits per heavy atom. The van der Waals surface area contributed by atoms with Crippen LogP contribution < -0.4 is 0 Å². The summed E-state index contributed by atoms with van der Waals surface area (Å²) in [5, 5.41) is 10.3. The quantitative estimate of drug-likeness (QED) is 0.123. The van der Waals surface area contributed by atoms with E-state index in [0.29, 0.717) is 91.4 Å². The third kappa shape index (κ3) is 13.2. The summed E-state index contributed by atoms with van der Waals surface area (Å²) in [4.78, 5) is 24.5. The molecule has 4 unspecified atom stereocenters. The average Bonchev–Trinajstić information content (AvgIpc) is 3.16. The highest BCUT2D eigenvalue weighted by Crippen LogP contribution is 2.49. The topological polar surface area (TPSA) is 147 Å². The van der Waals surface area contributed by atoms with Gasteiger partial charge in [0.1, 0.15) is 12.2 Å². The Morgan fingerprint density at radius 3 is 1.40 bits per heavy atom. The molecular weight excluding hydrogens is 773 g/mol. The third-order valence-corrected chi connectivity index (χ3v) is 14.4. The molecular formula is C47H84O13. The van der Waals surface area contributed by atoms with Crippen molar-refractivity contribution >= 4 is 11.6 Å². The summed E-state index contributed by atoms with van der Waals surface area (Å²) >= 11 is 0. The zero-order valence-electron chi connectivity index (χ0n) is 40.0. The van der Waals surface area contributed by atoms with Crippen LogP contribution in [0.15, 0.2) is 0 Å². The number of aliphatic hydroxyl groups excluding tert-OH is 1. The van der Waals surface area contributed by atoms with Gasteiger partial charge in [0.15, 0.2) is 11.6 Å². The molecule has 0 aromatic carbocycles. The summed E-state index contributed by atoms with van der Waals surface area (Å²) in [6, 6.07) is 0. The minimum absolute atomic E-state index is 0.0227. The predicted molar refractivity (Wildman–Crippen MR) is 228 cm³/mol. The largest absolute Gasteiger partial charge is 0.396 e. The summed E-state index contributed by atoms with van der Waals surface area (Å²) in [6.45, 7) is 32.2. The van der Waals surface area contributed by atoms with Gasteiger partial charge in [0.2, 0.25) is 0 Å². The molecule has 13 heteroatoms. The highest BCUT2D eigenvalue weighted by atomic mass is 16.6. The molecule has 60 heavy (non-hydrogen) atoms. The summed E-state index contributed by atoms with van der Waals surface area (Å²) in [5.74, 6) is 0.450. The summed E-state index contributed by atoms with van der Waals surface area (Å²) in [6.07, 6.45) is 3.70. The Kier molecular flexibility index (Phi) is 17.5. The molecule has 4 aliphatic heterocycles. The number of carbonyl (C=O) groups excluding carboxylic acids is 2. The van der Waals surface area contributed by atoms with Crippen LogP contribution >= 0.6 is 0 Å². The van der Waals surface area contributed by atoms with E-state index in [1.165, 1.54) is 6.92 Å². The standard InChI is InChI=1S/C47H84O13/c1-33(2)54-32-43(10)18-16-39(22-56-43)20-52-31-45(12)24-47(14,60-37(6)35(4)50)41(8,28-58-45)26-53-29-42(9)17-15-38(21-55-42)19-51-30-44(11)23-46(13,59-36(5)34(3)49)40(7,25-48)27-57-44/h33,36-39,48H,15-32H2,1-14H3/t36?,37?,38-,39-,40-,41-,42-,43-,44-,45-,46?,47?/m0/s1. The molecule has 1 N–H and O–H groups in total. The van der Waals surface area contributed by atoms with E-state index >= 15 is 0 Å². The van der Waals surface area contributed by atoms with Crippen molar-refractivity contribution in [1.29, 1.82) is 0 Å². The Balaban J connectivity index is 1.25. The maximum atomic E-state index is 12.5. The second-order valence-corrected chi connectivity index (χ2v) is 21.5. The van der Waals surface area contributed by atoms with Crippen LogP contribution in [0.2, 0.25) is 0 Å². The van der Waals surface area contributed by atoms with Gasteiger partial charge in [-0.05, 0) is 109 Å². The van der Waals surface area contributed by atoms with Crippen molar-refractivity contribution in [3.8, 4) is 0 Å². The number of aliphatic hydroxyl groups is 1. The summed E-state index contributed by atoms with van der Waals surface area (Å²) in [5.41, 5.74) is -4.69. The van der Waals surface area contributed by atoms with Gasteiger partial charge < -0.3 is 52.5 Å². The molecule has 0 radical (unpaired) electrons. The van der Waals surface area contributed by atoms with E-state index < -0.39 is 51.0 Å². The summed E-state index contributed by atoms with van der Waals surface area (Å²) < 4.78 is 63.6. The lowest BCUT2D eigenvalue weighted by atomic mass is 9.67. The first-order chi connectivity index (χ1) is 27.7.